The first-order chi connectivity index (χ1) is 12.4. The average molecular weight is 390 g/mol. The number of nitrogen functional groups attached to an aromatic ring is 1. The number of halogens is 2. The van der Waals surface area contributed by atoms with E-state index in [1.54, 1.807) is 18.3 Å². The maximum Gasteiger partial charge on any atom is 0.262 e. The molecule has 3 N–H and O–H groups in total. The number of fused-ring (bicyclic) bond motifs is 1. The SMILES string of the molecule is Nc1c2c(cc(=O)n1-c1ccc(-n3cc(Cl)cn3)c(Cl)c1)C(=O)NC2=O. The molecule has 0 aliphatic carbocycles. The van der Waals surface area contributed by atoms with Gasteiger partial charge in [0.25, 0.3) is 17.4 Å². The zero-order chi connectivity index (χ0) is 18.6. The molecule has 10 heteroatoms. The number of aromatic nitrogens is 3. The number of rotatable bonds is 2. The van der Waals surface area contributed by atoms with Gasteiger partial charge in [-0.1, -0.05) is 23.2 Å². The number of imide groups is 1. The van der Waals surface area contributed by atoms with E-state index in [-0.39, 0.29) is 22.0 Å². The zero-order valence-electron chi connectivity index (χ0n) is 12.9. The molecule has 1 aliphatic rings. The predicted octanol–water partition coefficient (Wildman–Crippen LogP) is 1.80. The molecule has 4 rings (SSSR count). The van der Waals surface area contributed by atoms with Gasteiger partial charge >= 0.3 is 0 Å². The Hall–Kier alpha value is -3.10. The Balaban J connectivity index is 1.88. The number of carbonyl (C=O) groups is 2. The molecule has 1 aromatic carbocycles. The molecule has 0 saturated heterocycles. The van der Waals surface area contributed by atoms with E-state index in [0.717, 1.165) is 10.6 Å². The fourth-order valence-electron chi connectivity index (χ4n) is 2.80. The van der Waals surface area contributed by atoms with Crippen LogP contribution in [0.2, 0.25) is 10.0 Å². The van der Waals surface area contributed by atoms with Gasteiger partial charge in [-0.2, -0.15) is 5.10 Å². The van der Waals surface area contributed by atoms with Crippen LogP contribution >= 0.6 is 23.2 Å². The molecular weight excluding hydrogens is 381 g/mol. The molecule has 0 spiro atoms. The van der Waals surface area contributed by atoms with Crippen molar-refractivity contribution in [2.75, 3.05) is 5.73 Å². The quantitative estimate of drug-likeness (QED) is 0.648. The number of benzene rings is 1. The topological polar surface area (TPSA) is 112 Å². The van der Waals surface area contributed by atoms with E-state index < -0.39 is 17.4 Å². The smallest absolute Gasteiger partial charge is 0.262 e. The minimum absolute atomic E-state index is 0.0337. The van der Waals surface area contributed by atoms with Gasteiger partial charge < -0.3 is 5.73 Å². The van der Waals surface area contributed by atoms with Crippen molar-refractivity contribution in [2.24, 2.45) is 0 Å². The van der Waals surface area contributed by atoms with Crippen molar-refractivity contribution in [2.45, 2.75) is 0 Å². The van der Waals surface area contributed by atoms with Crippen LogP contribution in [0.4, 0.5) is 5.82 Å². The average Bonchev–Trinajstić information content (AvgIpc) is 3.11. The Labute approximate surface area is 155 Å². The second-order valence-electron chi connectivity index (χ2n) is 5.51. The first kappa shape index (κ1) is 16.4. The highest BCUT2D eigenvalue weighted by molar-refractivity contribution is 6.32. The summed E-state index contributed by atoms with van der Waals surface area (Å²) in [5.74, 6) is -1.43. The summed E-state index contributed by atoms with van der Waals surface area (Å²) in [6, 6.07) is 5.80. The maximum atomic E-state index is 12.4. The fraction of sp³-hybridized carbons (Fsp3) is 0. The minimum atomic E-state index is -0.648. The van der Waals surface area contributed by atoms with Crippen LogP contribution in [-0.2, 0) is 0 Å². The van der Waals surface area contributed by atoms with E-state index in [1.165, 1.54) is 16.9 Å². The Morgan fingerprint density at radius 1 is 1.08 bits per heavy atom. The Bertz CT molecular complexity index is 1170. The van der Waals surface area contributed by atoms with E-state index in [4.69, 9.17) is 28.9 Å². The first-order valence-electron chi connectivity index (χ1n) is 7.28. The second-order valence-corrected chi connectivity index (χ2v) is 6.36. The van der Waals surface area contributed by atoms with Crippen LogP contribution in [0.25, 0.3) is 11.4 Å². The largest absolute Gasteiger partial charge is 0.384 e. The lowest BCUT2D eigenvalue weighted by molar-refractivity contribution is 0.0880. The lowest BCUT2D eigenvalue weighted by Crippen LogP contribution is -2.24. The van der Waals surface area contributed by atoms with Crippen molar-refractivity contribution >= 4 is 40.8 Å². The van der Waals surface area contributed by atoms with Crippen molar-refractivity contribution in [1.29, 1.82) is 0 Å². The van der Waals surface area contributed by atoms with Gasteiger partial charge in [-0.3, -0.25) is 24.3 Å². The van der Waals surface area contributed by atoms with Gasteiger partial charge in [0.1, 0.15) is 5.82 Å². The molecule has 1 aliphatic heterocycles. The Morgan fingerprint density at radius 2 is 1.85 bits per heavy atom. The third kappa shape index (κ3) is 2.39. The molecule has 0 fully saturated rings. The molecule has 2 aromatic heterocycles. The molecule has 3 heterocycles. The predicted molar refractivity (Wildman–Crippen MR) is 95.4 cm³/mol. The summed E-state index contributed by atoms with van der Waals surface area (Å²) in [6.07, 6.45) is 3.04. The van der Waals surface area contributed by atoms with Gasteiger partial charge in [0.05, 0.1) is 38.7 Å². The summed E-state index contributed by atoms with van der Waals surface area (Å²) in [4.78, 5) is 36.1. The third-order valence-corrected chi connectivity index (χ3v) is 4.44. The monoisotopic (exact) mass is 389 g/mol. The van der Waals surface area contributed by atoms with Gasteiger partial charge in [-0.25, -0.2) is 4.68 Å². The van der Waals surface area contributed by atoms with Gasteiger partial charge in [0.2, 0.25) is 0 Å². The third-order valence-electron chi connectivity index (χ3n) is 3.94. The van der Waals surface area contributed by atoms with Gasteiger partial charge in [-0.15, -0.1) is 0 Å². The lowest BCUT2D eigenvalue weighted by Gasteiger charge is -2.13. The Morgan fingerprint density at radius 3 is 2.50 bits per heavy atom. The van der Waals surface area contributed by atoms with Crippen LogP contribution in [0.5, 0.6) is 0 Å². The Kier molecular flexibility index (Phi) is 3.60. The summed E-state index contributed by atoms with van der Waals surface area (Å²) in [6.45, 7) is 0. The van der Waals surface area contributed by atoms with Crippen LogP contribution in [0, 0.1) is 0 Å². The summed E-state index contributed by atoms with van der Waals surface area (Å²) >= 11 is 12.2. The molecular formula is C16H9Cl2N5O3. The number of pyridine rings is 1. The number of nitrogens with one attached hydrogen (secondary N) is 1. The lowest BCUT2D eigenvalue weighted by atomic mass is 10.1. The first-order valence-corrected chi connectivity index (χ1v) is 8.04. The molecule has 0 unspecified atom stereocenters. The van der Waals surface area contributed by atoms with Crippen LogP contribution in [0.1, 0.15) is 20.7 Å². The fourth-order valence-corrected chi connectivity index (χ4v) is 3.20. The van der Waals surface area contributed by atoms with Crippen molar-refractivity contribution in [3.8, 4) is 11.4 Å². The number of anilines is 1. The van der Waals surface area contributed by atoms with E-state index in [2.05, 4.69) is 10.4 Å². The summed E-state index contributed by atoms with van der Waals surface area (Å²) < 4.78 is 2.60. The molecule has 0 bridgehead atoms. The zero-order valence-corrected chi connectivity index (χ0v) is 14.4. The minimum Gasteiger partial charge on any atom is -0.384 e. The molecule has 130 valence electrons. The van der Waals surface area contributed by atoms with Crippen LogP contribution in [0.3, 0.4) is 0 Å². The molecule has 0 radical (unpaired) electrons. The van der Waals surface area contributed by atoms with E-state index in [0.29, 0.717) is 16.4 Å². The van der Waals surface area contributed by atoms with Gasteiger partial charge in [-0.05, 0) is 18.2 Å². The molecule has 8 nitrogen and oxygen atoms in total. The van der Waals surface area contributed by atoms with Crippen molar-refractivity contribution in [1.82, 2.24) is 19.7 Å². The number of carbonyl (C=O) groups excluding carboxylic acids is 2. The van der Waals surface area contributed by atoms with Crippen LogP contribution in [-0.4, -0.2) is 26.2 Å². The van der Waals surface area contributed by atoms with Crippen LogP contribution < -0.4 is 16.6 Å². The van der Waals surface area contributed by atoms with E-state index in [9.17, 15) is 14.4 Å². The maximum absolute atomic E-state index is 12.4. The van der Waals surface area contributed by atoms with Gasteiger partial charge in [0, 0.05) is 12.3 Å². The molecule has 3 aromatic rings. The normalized spacial score (nSPS) is 13.0. The molecule has 26 heavy (non-hydrogen) atoms. The number of hydrogen-bond donors (Lipinski definition) is 2. The van der Waals surface area contributed by atoms with E-state index in [1.807, 2.05) is 0 Å². The number of hydrogen-bond acceptors (Lipinski definition) is 5. The highest BCUT2D eigenvalue weighted by atomic mass is 35.5. The second kappa shape index (κ2) is 5.72. The highest BCUT2D eigenvalue weighted by Crippen LogP contribution is 2.27. The molecule has 0 atom stereocenters. The highest BCUT2D eigenvalue weighted by Gasteiger charge is 2.31. The molecule has 2 amide bonds. The van der Waals surface area contributed by atoms with Crippen molar-refractivity contribution in [3.05, 3.63) is 68.2 Å². The molecule has 0 saturated carbocycles. The van der Waals surface area contributed by atoms with Crippen molar-refractivity contribution < 1.29 is 9.59 Å². The van der Waals surface area contributed by atoms with Crippen molar-refractivity contribution in [3.63, 3.8) is 0 Å². The summed E-state index contributed by atoms with van der Waals surface area (Å²) in [5, 5.41) is 6.91. The number of nitrogens with two attached hydrogens (primary N) is 1. The summed E-state index contributed by atoms with van der Waals surface area (Å²) in [5.41, 5.74) is 6.25. The van der Waals surface area contributed by atoms with Crippen LogP contribution in [0.15, 0.2) is 41.5 Å². The number of nitrogens with zero attached hydrogens (tertiary/aromatic N) is 3. The number of amides is 2. The van der Waals surface area contributed by atoms with Gasteiger partial charge in [0.15, 0.2) is 0 Å². The summed E-state index contributed by atoms with van der Waals surface area (Å²) in [7, 11) is 0. The standard InChI is InChI=1S/C16H9Cl2N5O3/c17-7-5-20-22(6-7)11-2-1-8(3-10(11)18)23-12(24)4-9-13(14(23)19)16(26)21-15(9)25/h1-6H,19H2,(H,21,25,26). The van der Waals surface area contributed by atoms with E-state index >= 15 is 0 Å².